The fraction of sp³-hybridized carbons (Fsp3) is 0.0208. The van der Waals surface area contributed by atoms with Crippen LogP contribution < -0.4 is 0 Å². The van der Waals surface area contributed by atoms with Crippen LogP contribution in [0.2, 0.25) is 0 Å². The Morgan fingerprint density at radius 3 is 1.90 bits per heavy atom. The van der Waals surface area contributed by atoms with Crippen molar-refractivity contribution < 1.29 is 0 Å². The third-order valence-corrected chi connectivity index (χ3v) is 13.0. The van der Waals surface area contributed by atoms with Crippen LogP contribution >= 0.6 is 23.5 Å². The summed E-state index contributed by atoms with van der Waals surface area (Å²) >= 11 is 3.77. The van der Waals surface area contributed by atoms with E-state index in [9.17, 15) is 0 Å². The van der Waals surface area contributed by atoms with Crippen molar-refractivity contribution in [2.45, 2.75) is 25.0 Å². The Morgan fingerprint density at radius 1 is 0.462 bits per heavy atom. The summed E-state index contributed by atoms with van der Waals surface area (Å²) in [5.41, 5.74) is 13.0. The maximum absolute atomic E-state index is 4.73. The second-order valence-electron chi connectivity index (χ2n) is 13.4. The maximum Gasteiger partial charge on any atom is 0.0751 e. The molecule has 4 heteroatoms. The summed E-state index contributed by atoms with van der Waals surface area (Å²) in [6, 6.07) is 64.8. The average Bonchev–Trinajstić information content (AvgIpc) is 3.56. The number of aromatic nitrogens is 2. The van der Waals surface area contributed by atoms with Gasteiger partial charge in [-0.15, -0.1) is 0 Å². The zero-order valence-electron chi connectivity index (χ0n) is 28.0. The molecule has 0 bridgehead atoms. The molecule has 11 rings (SSSR count). The minimum absolute atomic E-state index is 0.548. The molecule has 52 heavy (non-hydrogen) atoms. The molecule has 2 nitrogen and oxygen atoms in total. The van der Waals surface area contributed by atoms with Crippen LogP contribution in [0.15, 0.2) is 202 Å². The third kappa shape index (κ3) is 4.19. The van der Waals surface area contributed by atoms with E-state index >= 15 is 0 Å². The fourth-order valence-corrected chi connectivity index (χ4v) is 11.2. The molecule has 4 heterocycles. The summed E-state index contributed by atoms with van der Waals surface area (Å²) in [4.78, 5) is 9.88. The fourth-order valence-electron chi connectivity index (χ4n) is 8.74. The molecule has 1 spiro atoms. The van der Waals surface area contributed by atoms with Gasteiger partial charge >= 0.3 is 0 Å². The van der Waals surface area contributed by atoms with E-state index in [1.54, 1.807) is 0 Å². The molecule has 0 aliphatic carbocycles. The number of nitrogens with zero attached hydrogens (tertiary/aromatic N) is 2. The number of para-hydroxylation sites is 2. The van der Waals surface area contributed by atoms with Gasteiger partial charge in [0.25, 0.3) is 0 Å². The molecule has 244 valence electrons. The Morgan fingerprint density at radius 2 is 1.10 bits per heavy atom. The molecular weight excluding hydrogens is 669 g/mol. The van der Waals surface area contributed by atoms with Gasteiger partial charge in [-0.1, -0.05) is 139 Å². The Kier molecular flexibility index (Phi) is 6.67. The topological polar surface area (TPSA) is 17.8 Å². The van der Waals surface area contributed by atoms with Gasteiger partial charge < -0.3 is 4.57 Å². The predicted octanol–water partition coefficient (Wildman–Crippen LogP) is 12.8. The lowest BCUT2D eigenvalue weighted by Gasteiger charge is -2.46. The van der Waals surface area contributed by atoms with Crippen LogP contribution in [0.25, 0.3) is 49.9 Å². The molecule has 9 aromatic rings. The van der Waals surface area contributed by atoms with Gasteiger partial charge in [0.2, 0.25) is 0 Å². The zero-order chi connectivity index (χ0) is 34.2. The number of pyridine rings is 1. The van der Waals surface area contributed by atoms with Gasteiger partial charge in [-0.3, -0.25) is 4.98 Å². The Balaban J connectivity index is 1.28. The van der Waals surface area contributed by atoms with Crippen molar-refractivity contribution in [1.82, 2.24) is 9.55 Å². The van der Waals surface area contributed by atoms with Gasteiger partial charge in [-0.05, 0) is 94.0 Å². The molecule has 0 fully saturated rings. The van der Waals surface area contributed by atoms with Crippen LogP contribution in [-0.4, -0.2) is 9.55 Å². The number of benzene rings is 7. The van der Waals surface area contributed by atoms with Crippen LogP contribution in [-0.2, 0) is 5.41 Å². The Hall–Kier alpha value is -5.81. The number of fused-ring (bicyclic) bond motifs is 11. The standard InChI is InChI=1S/C48H30N2S2/c1-2-14-32(15-3-1)50-40-22-7-4-16-35(40)46-33(17-12-23-41(46)50)34-18-13-26-44-47(34)48(36-19-5-8-24-42(36)51-43-25-9-6-20-37(43)48)38-28-27-31(30-45(38)52-44)39-21-10-11-29-49-39/h1-30H. The van der Waals surface area contributed by atoms with Gasteiger partial charge in [0.05, 0.1) is 22.1 Å². The van der Waals surface area contributed by atoms with Crippen LogP contribution in [0, 0.1) is 0 Å². The molecule has 2 aliphatic rings. The summed E-state index contributed by atoms with van der Waals surface area (Å²) in [6.45, 7) is 0. The van der Waals surface area contributed by atoms with E-state index in [2.05, 4.69) is 174 Å². The molecule has 0 amide bonds. The lowest BCUT2D eigenvalue weighted by Crippen LogP contribution is -2.37. The van der Waals surface area contributed by atoms with Gasteiger partial charge in [-0.25, -0.2) is 0 Å². The van der Waals surface area contributed by atoms with E-state index in [1.807, 2.05) is 35.8 Å². The van der Waals surface area contributed by atoms with Crippen LogP contribution in [0.5, 0.6) is 0 Å². The lowest BCUT2D eigenvalue weighted by atomic mass is 9.62. The summed E-state index contributed by atoms with van der Waals surface area (Å²) < 4.78 is 2.42. The molecule has 7 aromatic carbocycles. The summed E-state index contributed by atoms with van der Waals surface area (Å²) in [6.07, 6.45) is 1.88. The molecule has 2 aliphatic heterocycles. The van der Waals surface area contributed by atoms with E-state index in [4.69, 9.17) is 4.98 Å². The molecule has 0 saturated heterocycles. The van der Waals surface area contributed by atoms with Crippen molar-refractivity contribution in [3.63, 3.8) is 0 Å². The highest BCUT2D eigenvalue weighted by Crippen LogP contribution is 2.63. The first-order chi connectivity index (χ1) is 25.8. The zero-order valence-corrected chi connectivity index (χ0v) is 29.7. The minimum Gasteiger partial charge on any atom is -0.309 e. The second kappa shape index (κ2) is 11.6. The van der Waals surface area contributed by atoms with Crippen LogP contribution in [0.3, 0.4) is 0 Å². The van der Waals surface area contributed by atoms with E-state index < -0.39 is 5.41 Å². The number of hydrogen-bond acceptors (Lipinski definition) is 3. The largest absolute Gasteiger partial charge is 0.309 e. The van der Waals surface area contributed by atoms with E-state index in [-0.39, 0.29) is 0 Å². The highest BCUT2D eigenvalue weighted by molar-refractivity contribution is 8.00. The van der Waals surface area contributed by atoms with Crippen molar-refractivity contribution in [1.29, 1.82) is 0 Å². The molecular formula is C48H30N2S2. The van der Waals surface area contributed by atoms with Crippen molar-refractivity contribution in [2.75, 3.05) is 0 Å². The average molecular weight is 699 g/mol. The molecule has 0 radical (unpaired) electrons. The smallest absolute Gasteiger partial charge is 0.0751 e. The van der Waals surface area contributed by atoms with Gasteiger partial charge in [-0.2, -0.15) is 0 Å². The quantitative estimate of drug-likeness (QED) is 0.183. The first-order valence-electron chi connectivity index (χ1n) is 17.6. The van der Waals surface area contributed by atoms with Crippen LogP contribution in [0.1, 0.15) is 22.3 Å². The SMILES string of the molecule is c1ccc(-n2c3ccccc3c3c(-c4cccc5c4C4(c6ccccc6Sc6ccccc64)c4ccc(-c6ccccn6)cc4S5)cccc32)cc1. The normalized spacial score (nSPS) is 13.8. The Labute approximate surface area is 310 Å². The maximum atomic E-state index is 4.73. The first kappa shape index (κ1) is 29.9. The summed E-state index contributed by atoms with van der Waals surface area (Å²) in [5, 5.41) is 2.53. The van der Waals surface area contributed by atoms with Crippen molar-refractivity contribution >= 4 is 45.3 Å². The lowest BCUT2D eigenvalue weighted by molar-refractivity contribution is 0.669. The monoisotopic (exact) mass is 698 g/mol. The van der Waals surface area contributed by atoms with Crippen molar-refractivity contribution in [3.8, 4) is 28.1 Å². The summed E-state index contributed by atoms with van der Waals surface area (Å²) in [5.74, 6) is 0. The van der Waals surface area contributed by atoms with Crippen molar-refractivity contribution in [2.24, 2.45) is 0 Å². The van der Waals surface area contributed by atoms with Gasteiger partial charge in [0.1, 0.15) is 0 Å². The summed E-state index contributed by atoms with van der Waals surface area (Å²) in [7, 11) is 0. The highest BCUT2D eigenvalue weighted by Gasteiger charge is 2.50. The van der Waals surface area contributed by atoms with E-state index in [1.165, 1.54) is 74.8 Å². The predicted molar refractivity (Wildman–Crippen MR) is 216 cm³/mol. The van der Waals surface area contributed by atoms with Crippen molar-refractivity contribution in [3.05, 3.63) is 204 Å². The highest BCUT2D eigenvalue weighted by atomic mass is 32.2. The number of hydrogen-bond donors (Lipinski definition) is 0. The first-order valence-corrected chi connectivity index (χ1v) is 19.3. The molecule has 0 saturated carbocycles. The van der Waals surface area contributed by atoms with E-state index in [0.717, 1.165) is 16.9 Å². The minimum atomic E-state index is -0.548. The third-order valence-electron chi connectivity index (χ3n) is 10.8. The molecule has 0 unspecified atom stereocenters. The van der Waals surface area contributed by atoms with E-state index in [0.29, 0.717) is 0 Å². The number of rotatable bonds is 3. The molecule has 2 aromatic heterocycles. The second-order valence-corrected chi connectivity index (χ2v) is 15.6. The van der Waals surface area contributed by atoms with Gasteiger partial charge in [0, 0.05) is 47.8 Å². The van der Waals surface area contributed by atoms with Crippen LogP contribution in [0.4, 0.5) is 0 Å². The molecule has 0 N–H and O–H groups in total. The molecule has 0 atom stereocenters. The Bertz CT molecular complexity index is 2810. The van der Waals surface area contributed by atoms with Gasteiger partial charge in [0.15, 0.2) is 0 Å².